The van der Waals surface area contributed by atoms with E-state index in [2.05, 4.69) is 34.0 Å². The van der Waals surface area contributed by atoms with Crippen LogP contribution in [0, 0.1) is 3.57 Å². The normalized spacial score (nSPS) is 14.3. The van der Waals surface area contributed by atoms with E-state index in [-0.39, 0.29) is 12.1 Å². The van der Waals surface area contributed by atoms with Crippen LogP contribution in [0.4, 0.5) is 0 Å². The van der Waals surface area contributed by atoms with Crippen LogP contribution in [0.15, 0.2) is 41.1 Å². The zero-order chi connectivity index (χ0) is 12.3. The maximum Gasteiger partial charge on any atom is 0.139 e. The van der Waals surface area contributed by atoms with Crippen molar-refractivity contribution in [2.45, 2.75) is 19.1 Å². The van der Waals surface area contributed by atoms with Crippen molar-refractivity contribution < 1.29 is 4.74 Å². The molecule has 0 bridgehead atoms. The van der Waals surface area contributed by atoms with E-state index in [1.807, 2.05) is 36.6 Å². The Bertz CT molecular complexity index is 453. The Morgan fingerprint density at radius 1 is 1.24 bits per heavy atom. The molecule has 17 heavy (non-hydrogen) atoms. The van der Waals surface area contributed by atoms with Crippen molar-refractivity contribution in [3.05, 3.63) is 50.2 Å². The van der Waals surface area contributed by atoms with Gasteiger partial charge in [-0.05, 0) is 70.6 Å². The van der Waals surface area contributed by atoms with Crippen LogP contribution in [-0.2, 0) is 0 Å². The maximum atomic E-state index is 5.98. The smallest absolute Gasteiger partial charge is 0.139 e. The summed E-state index contributed by atoms with van der Waals surface area (Å²) >= 11 is 3.94. The summed E-state index contributed by atoms with van der Waals surface area (Å²) in [5.74, 6) is 0.860. The fourth-order valence-corrected chi connectivity index (χ4v) is 2.62. The number of rotatable bonds is 4. The molecule has 1 aromatic heterocycles. The van der Waals surface area contributed by atoms with Crippen LogP contribution in [-0.4, -0.2) is 6.04 Å². The minimum Gasteiger partial charge on any atom is -0.484 e. The third kappa shape index (κ3) is 3.43. The SMILES string of the molecule is CC(N)C(Oc1ccc(I)cc1)c1ccsc1. The summed E-state index contributed by atoms with van der Waals surface area (Å²) in [5.41, 5.74) is 7.13. The molecule has 2 atom stereocenters. The number of nitrogens with two attached hydrogens (primary N) is 1. The zero-order valence-corrected chi connectivity index (χ0v) is 12.4. The first-order valence-electron chi connectivity index (χ1n) is 5.36. The highest BCUT2D eigenvalue weighted by molar-refractivity contribution is 14.1. The standard InChI is InChI=1S/C13H14INOS/c1-9(15)13(10-6-7-17-8-10)16-12-4-2-11(14)3-5-12/h2-9,13H,15H2,1H3. The average Bonchev–Trinajstić information content (AvgIpc) is 2.81. The summed E-state index contributed by atoms with van der Waals surface area (Å²) in [6.45, 7) is 1.97. The molecule has 90 valence electrons. The van der Waals surface area contributed by atoms with E-state index in [1.54, 1.807) is 11.3 Å². The van der Waals surface area contributed by atoms with Crippen molar-refractivity contribution in [3.63, 3.8) is 0 Å². The summed E-state index contributed by atoms with van der Waals surface area (Å²) in [7, 11) is 0. The molecule has 1 aromatic carbocycles. The van der Waals surface area contributed by atoms with Gasteiger partial charge in [-0.1, -0.05) is 0 Å². The summed E-state index contributed by atoms with van der Waals surface area (Å²) in [6.07, 6.45) is -0.0821. The van der Waals surface area contributed by atoms with Gasteiger partial charge in [-0.2, -0.15) is 11.3 Å². The Morgan fingerprint density at radius 2 is 1.94 bits per heavy atom. The highest BCUT2D eigenvalue weighted by atomic mass is 127. The molecule has 0 spiro atoms. The van der Waals surface area contributed by atoms with E-state index < -0.39 is 0 Å². The number of benzene rings is 1. The van der Waals surface area contributed by atoms with Crippen LogP contribution < -0.4 is 10.5 Å². The highest BCUT2D eigenvalue weighted by Crippen LogP contribution is 2.26. The summed E-state index contributed by atoms with van der Waals surface area (Å²) < 4.78 is 7.15. The van der Waals surface area contributed by atoms with Gasteiger partial charge >= 0.3 is 0 Å². The van der Waals surface area contributed by atoms with E-state index in [0.717, 1.165) is 11.3 Å². The molecule has 2 unspecified atom stereocenters. The van der Waals surface area contributed by atoms with Crippen molar-refractivity contribution >= 4 is 33.9 Å². The molecule has 0 aliphatic carbocycles. The second-order valence-corrected chi connectivity index (χ2v) is 5.93. The lowest BCUT2D eigenvalue weighted by atomic mass is 10.1. The number of halogens is 1. The van der Waals surface area contributed by atoms with Crippen LogP contribution in [0.5, 0.6) is 5.75 Å². The Labute approximate surface area is 119 Å². The van der Waals surface area contributed by atoms with Crippen LogP contribution >= 0.6 is 33.9 Å². The monoisotopic (exact) mass is 359 g/mol. The molecule has 0 fully saturated rings. The molecule has 2 aromatic rings. The van der Waals surface area contributed by atoms with Crippen molar-refractivity contribution in [1.29, 1.82) is 0 Å². The van der Waals surface area contributed by atoms with E-state index in [0.29, 0.717) is 0 Å². The molecule has 0 saturated carbocycles. The van der Waals surface area contributed by atoms with Gasteiger partial charge in [0.1, 0.15) is 11.9 Å². The van der Waals surface area contributed by atoms with Gasteiger partial charge in [0, 0.05) is 15.2 Å². The minimum absolute atomic E-state index is 0.0381. The van der Waals surface area contributed by atoms with E-state index in [1.165, 1.54) is 3.57 Å². The van der Waals surface area contributed by atoms with Gasteiger partial charge < -0.3 is 10.5 Å². The molecule has 2 N–H and O–H groups in total. The molecular weight excluding hydrogens is 345 g/mol. The number of hydrogen-bond donors (Lipinski definition) is 1. The Hall–Kier alpha value is -0.590. The number of hydrogen-bond acceptors (Lipinski definition) is 3. The van der Waals surface area contributed by atoms with Gasteiger partial charge in [-0.25, -0.2) is 0 Å². The van der Waals surface area contributed by atoms with Crippen LogP contribution in [0.1, 0.15) is 18.6 Å². The van der Waals surface area contributed by atoms with Gasteiger partial charge in [0.05, 0.1) is 0 Å². The van der Waals surface area contributed by atoms with Gasteiger partial charge in [0.2, 0.25) is 0 Å². The molecule has 0 amide bonds. The Balaban J connectivity index is 2.16. The van der Waals surface area contributed by atoms with Crippen LogP contribution in [0.2, 0.25) is 0 Å². The third-order valence-corrected chi connectivity index (χ3v) is 3.85. The fraction of sp³-hybridized carbons (Fsp3) is 0.231. The predicted octanol–water partition coefficient (Wildman–Crippen LogP) is 3.82. The lowest BCUT2D eigenvalue weighted by Gasteiger charge is -2.21. The summed E-state index contributed by atoms with van der Waals surface area (Å²) in [5, 5.41) is 4.13. The summed E-state index contributed by atoms with van der Waals surface area (Å²) in [6, 6.07) is 10.0. The molecule has 0 aliphatic rings. The largest absolute Gasteiger partial charge is 0.484 e. The topological polar surface area (TPSA) is 35.2 Å². The predicted molar refractivity (Wildman–Crippen MR) is 80.5 cm³/mol. The third-order valence-electron chi connectivity index (χ3n) is 2.43. The van der Waals surface area contributed by atoms with Gasteiger partial charge in [0.25, 0.3) is 0 Å². The van der Waals surface area contributed by atoms with Gasteiger partial charge in [-0.3, -0.25) is 0 Å². The van der Waals surface area contributed by atoms with Crippen LogP contribution in [0.3, 0.4) is 0 Å². The Morgan fingerprint density at radius 3 is 2.47 bits per heavy atom. The van der Waals surface area contributed by atoms with Crippen molar-refractivity contribution in [2.24, 2.45) is 5.73 Å². The van der Waals surface area contributed by atoms with E-state index >= 15 is 0 Å². The number of thiophene rings is 1. The lowest BCUT2D eigenvalue weighted by Crippen LogP contribution is -2.28. The van der Waals surface area contributed by atoms with Crippen LogP contribution in [0.25, 0.3) is 0 Å². The molecule has 2 nitrogen and oxygen atoms in total. The molecule has 1 heterocycles. The molecule has 4 heteroatoms. The second kappa shape index (κ2) is 5.84. The first kappa shape index (κ1) is 12.9. The quantitative estimate of drug-likeness (QED) is 0.843. The average molecular weight is 359 g/mol. The Kier molecular flexibility index (Phi) is 4.42. The number of ether oxygens (including phenoxy) is 1. The second-order valence-electron chi connectivity index (χ2n) is 3.91. The zero-order valence-electron chi connectivity index (χ0n) is 9.47. The van der Waals surface area contributed by atoms with Crippen molar-refractivity contribution in [2.75, 3.05) is 0 Å². The van der Waals surface area contributed by atoms with E-state index in [9.17, 15) is 0 Å². The first-order valence-corrected chi connectivity index (χ1v) is 7.39. The minimum atomic E-state index is -0.0821. The van der Waals surface area contributed by atoms with Crippen molar-refractivity contribution in [1.82, 2.24) is 0 Å². The highest BCUT2D eigenvalue weighted by Gasteiger charge is 2.18. The molecule has 0 radical (unpaired) electrons. The van der Waals surface area contributed by atoms with E-state index in [4.69, 9.17) is 10.5 Å². The molecular formula is C13H14INOS. The summed E-state index contributed by atoms with van der Waals surface area (Å²) in [4.78, 5) is 0. The first-order chi connectivity index (χ1) is 8.16. The maximum absolute atomic E-state index is 5.98. The van der Waals surface area contributed by atoms with Crippen molar-refractivity contribution in [3.8, 4) is 5.75 Å². The molecule has 2 rings (SSSR count). The lowest BCUT2D eigenvalue weighted by molar-refractivity contribution is 0.181. The molecule has 0 saturated heterocycles. The van der Waals surface area contributed by atoms with Gasteiger partial charge in [0.15, 0.2) is 0 Å². The van der Waals surface area contributed by atoms with Gasteiger partial charge in [-0.15, -0.1) is 0 Å². The molecule has 0 aliphatic heterocycles. The fourth-order valence-electron chi connectivity index (χ4n) is 1.58.